The normalized spacial score (nSPS) is 16.0. The second-order valence-electron chi connectivity index (χ2n) is 11.6. The summed E-state index contributed by atoms with van der Waals surface area (Å²) >= 11 is 0. The van der Waals surface area contributed by atoms with E-state index < -0.39 is 101 Å². The third-order valence-electron chi connectivity index (χ3n) is 8.01. The molecule has 0 spiro atoms. The van der Waals surface area contributed by atoms with Crippen molar-refractivity contribution in [3.8, 4) is 46.0 Å². The molecule has 16 heteroatoms. The minimum atomic E-state index is -1.96. The van der Waals surface area contributed by atoms with Crippen molar-refractivity contribution in [1.29, 1.82) is 0 Å². The van der Waals surface area contributed by atoms with Crippen LogP contribution in [0.2, 0.25) is 0 Å². The number of aromatic hydroxyl groups is 7. The Hall–Kier alpha value is -7.10. The fraction of sp³-hybridized carbons (Fsp3) is 0.167. The molecule has 1 heterocycles. The summed E-state index contributed by atoms with van der Waals surface area (Å²) in [6, 6.07) is 12.7. The van der Waals surface area contributed by atoms with E-state index in [1.54, 1.807) is 0 Å². The zero-order chi connectivity index (χ0) is 37.9. The van der Waals surface area contributed by atoms with Crippen LogP contribution in [-0.4, -0.2) is 71.8 Å². The fourth-order valence-electron chi connectivity index (χ4n) is 5.48. The van der Waals surface area contributed by atoms with Crippen LogP contribution >= 0.6 is 0 Å². The number of aliphatic carboxylic acids is 2. The maximum absolute atomic E-state index is 13.9. The molecular weight excluding hydrogens is 688 g/mol. The topological polar surface area (TPSA) is 284 Å². The number of fused-ring (bicyclic) bond motifs is 1. The summed E-state index contributed by atoms with van der Waals surface area (Å²) in [5.41, 5.74) is 0.269. The Morgan fingerprint density at radius 2 is 1.15 bits per heavy atom. The van der Waals surface area contributed by atoms with Crippen molar-refractivity contribution < 1.29 is 79.3 Å². The Morgan fingerprint density at radius 3 is 1.67 bits per heavy atom. The molecule has 1 aliphatic heterocycles. The lowest BCUT2D eigenvalue weighted by molar-refractivity contribution is -0.316. The number of esters is 2. The minimum absolute atomic E-state index is 0.0131. The SMILES string of the molecule is O=C(/C=C/c1ccc(O)c2c1[C@H](C(=O)OC(Cc1ccc(O)c(O)c1)C(=O)[O-])[C@@H](c1ccc(O)c(O)c1)O2)O[C@H](Cc1ccc(O)c(O)c1)C(=O)[O-]. The van der Waals surface area contributed by atoms with E-state index in [9.17, 15) is 65.1 Å². The van der Waals surface area contributed by atoms with Gasteiger partial charge in [0.15, 0.2) is 46.0 Å². The van der Waals surface area contributed by atoms with Gasteiger partial charge in [-0.2, -0.15) is 0 Å². The second-order valence-corrected chi connectivity index (χ2v) is 11.6. The summed E-state index contributed by atoms with van der Waals surface area (Å²) in [6.45, 7) is 0. The van der Waals surface area contributed by atoms with Crippen molar-refractivity contribution in [3.63, 3.8) is 0 Å². The lowest BCUT2D eigenvalue weighted by atomic mass is 9.87. The van der Waals surface area contributed by atoms with E-state index in [0.29, 0.717) is 0 Å². The number of benzene rings is 4. The number of carboxylic acid groups (broad SMARTS) is 2. The number of hydrogen-bond donors (Lipinski definition) is 7. The van der Waals surface area contributed by atoms with Crippen LogP contribution in [0, 0.1) is 0 Å². The monoisotopic (exact) mass is 716 g/mol. The third kappa shape index (κ3) is 7.86. The lowest BCUT2D eigenvalue weighted by Crippen LogP contribution is -2.41. The Balaban J connectivity index is 1.47. The van der Waals surface area contributed by atoms with E-state index in [4.69, 9.17) is 14.2 Å². The van der Waals surface area contributed by atoms with Crippen molar-refractivity contribution in [3.05, 3.63) is 101 Å². The molecule has 52 heavy (non-hydrogen) atoms. The summed E-state index contributed by atoms with van der Waals surface area (Å²) in [5, 5.41) is 93.3. The van der Waals surface area contributed by atoms with Crippen LogP contribution < -0.4 is 14.9 Å². The largest absolute Gasteiger partial charge is 0.546 e. The molecule has 0 fully saturated rings. The van der Waals surface area contributed by atoms with Gasteiger partial charge in [0.1, 0.15) is 24.2 Å². The van der Waals surface area contributed by atoms with Crippen LogP contribution in [0.1, 0.15) is 39.8 Å². The predicted molar refractivity (Wildman–Crippen MR) is 170 cm³/mol. The molecule has 270 valence electrons. The number of rotatable bonds is 12. The van der Waals surface area contributed by atoms with Gasteiger partial charge >= 0.3 is 11.9 Å². The average Bonchev–Trinajstić information content (AvgIpc) is 3.50. The highest BCUT2D eigenvalue weighted by Gasteiger charge is 2.45. The highest BCUT2D eigenvalue weighted by Crippen LogP contribution is 2.53. The Labute approximate surface area is 292 Å². The van der Waals surface area contributed by atoms with Crippen molar-refractivity contribution in [1.82, 2.24) is 0 Å². The first kappa shape index (κ1) is 36.2. The molecule has 5 rings (SSSR count). The molecule has 0 aromatic heterocycles. The highest BCUT2D eigenvalue weighted by atomic mass is 16.6. The minimum Gasteiger partial charge on any atom is -0.546 e. The number of carboxylic acids is 2. The van der Waals surface area contributed by atoms with Crippen molar-refractivity contribution in [2.75, 3.05) is 0 Å². The summed E-state index contributed by atoms with van der Waals surface area (Å²) < 4.78 is 16.3. The van der Waals surface area contributed by atoms with Gasteiger partial charge in [-0.05, 0) is 70.8 Å². The maximum atomic E-state index is 13.9. The van der Waals surface area contributed by atoms with E-state index in [2.05, 4.69) is 0 Å². The van der Waals surface area contributed by atoms with Gasteiger partial charge in [0.25, 0.3) is 0 Å². The van der Waals surface area contributed by atoms with E-state index in [1.807, 2.05) is 0 Å². The summed E-state index contributed by atoms with van der Waals surface area (Å²) in [5.74, 6) is -11.6. The molecule has 7 N–H and O–H groups in total. The lowest BCUT2D eigenvalue weighted by Gasteiger charge is -2.24. The smallest absolute Gasteiger partial charge is 0.331 e. The molecule has 1 unspecified atom stereocenters. The van der Waals surface area contributed by atoms with Crippen LogP contribution in [0.5, 0.6) is 46.0 Å². The van der Waals surface area contributed by atoms with Crippen molar-refractivity contribution in [2.45, 2.75) is 37.1 Å². The van der Waals surface area contributed by atoms with E-state index in [0.717, 1.165) is 54.6 Å². The molecule has 4 atom stereocenters. The van der Waals surface area contributed by atoms with Gasteiger partial charge in [0, 0.05) is 24.5 Å². The number of ether oxygens (including phenoxy) is 3. The second kappa shape index (κ2) is 14.8. The van der Waals surface area contributed by atoms with Gasteiger partial charge in [-0.15, -0.1) is 0 Å². The predicted octanol–water partition coefficient (Wildman–Crippen LogP) is 0.665. The molecule has 0 saturated heterocycles. The molecule has 0 radical (unpaired) electrons. The summed E-state index contributed by atoms with van der Waals surface area (Å²) in [4.78, 5) is 50.6. The molecule has 0 amide bonds. The number of hydrogen-bond acceptors (Lipinski definition) is 16. The molecule has 0 bridgehead atoms. The molecular formula is C36H28O16-2. The Morgan fingerprint density at radius 1 is 0.654 bits per heavy atom. The van der Waals surface area contributed by atoms with Gasteiger partial charge in [-0.3, -0.25) is 4.79 Å². The van der Waals surface area contributed by atoms with Crippen molar-refractivity contribution >= 4 is 30.0 Å². The molecule has 0 aliphatic carbocycles. The van der Waals surface area contributed by atoms with Gasteiger partial charge in [0.05, 0.1) is 11.9 Å². The van der Waals surface area contributed by atoms with Crippen LogP contribution in [0.25, 0.3) is 6.08 Å². The maximum Gasteiger partial charge on any atom is 0.331 e. The van der Waals surface area contributed by atoms with Crippen LogP contribution in [0.3, 0.4) is 0 Å². The average molecular weight is 717 g/mol. The van der Waals surface area contributed by atoms with Gasteiger partial charge in [-0.1, -0.05) is 24.3 Å². The number of carbonyl (C=O) groups is 4. The van der Waals surface area contributed by atoms with E-state index >= 15 is 0 Å². The standard InChI is InChI=1S/C36H30O16/c37-20-6-1-16(11-24(20)41)13-27(34(45)46)50-29(44)10-5-18-3-9-23(40)33-30(18)31(32(52-33)19-4-8-22(39)26(43)15-19)36(49)51-28(35(47)48)14-17-2-7-21(38)25(42)12-17/h1-12,15,27-28,31-32,37-43H,13-14H2,(H,45,46)(H,47,48)/p-2/b10-5+/t27-,28?,31+,32-/m1/s1. The zero-order valence-corrected chi connectivity index (χ0v) is 26.5. The van der Waals surface area contributed by atoms with E-state index in [1.165, 1.54) is 24.3 Å². The first-order chi connectivity index (χ1) is 24.6. The van der Waals surface area contributed by atoms with E-state index in [-0.39, 0.29) is 33.6 Å². The van der Waals surface area contributed by atoms with Gasteiger partial charge in [-0.25, -0.2) is 4.79 Å². The van der Waals surface area contributed by atoms with Crippen LogP contribution in [0.4, 0.5) is 0 Å². The fourth-order valence-corrected chi connectivity index (χ4v) is 5.48. The van der Waals surface area contributed by atoms with Gasteiger partial charge in [0.2, 0.25) is 0 Å². The van der Waals surface area contributed by atoms with Crippen LogP contribution in [-0.2, 0) is 41.5 Å². The Bertz CT molecular complexity index is 2090. The highest BCUT2D eigenvalue weighted by molar-refractivity contribution is 5.91. The first-order valence-corrected chi connectivity index (χ1v) is 15.2. The summed E-state index contributed by atoms with van der Waals surface area (Å²) in [6.07, 6.45) is -4.31. The third-order valence-corrected chi connectivity index (χ3v) is 8.01. The van der Waals surface area contributed by atoms with Crippen LogP contribution in [0.15, 0.2) is 72.8 Å². The summed E-state index contributed by atoms with van der Waals surface area (Å²) in [7, 11) is 0. The molecule has 1 aliphatic rings. The number of phenols is 7. The molecule has 4 aromatic rings. The molecule has 4 aromatic carbocycles. The number of phenolic OH excluding ortho intramolecular Hbond substituents is 7. The zero-order valence-electron chi connectivity index (χ0n) is 26.5. The van der Waals surface area contributed by atoms with Crippen molar-refractivity contribution in [2.24, 2.45) is 0 Å². The number of carbonyl (C=O) groups excluding carboxylic acids is 4. The quantitative estimate of drug-likeness (QED) is 0.0602. The van der Waals surface area contributed by atoms with Gasteiger partial charge < -0.3 is 69.8 Å². The Kier molecular flexibility index (Phi) is 10.3. The molecule has 16 nitrogen and oxygen atoms in total. The first-order valence-electron chi connectivity index (χ1n) is 15.2. The molecule has 0 saturated carbocycles.